The fourth-order valence-electron chi connectivity index (χ4n) is 2.71. The molecule has 2 aromatic rings. The number of imide groups is 1. The lowest BCUT2D eigenvalue weighted by Crippen LogP contribution is -2.27. The van der Waals surface area contributed by atoms with Gasteiger partial charge >= 0.3 is 5.97 Å². The van der Waals surface area contributed by atoms with Gasteiger partial charge in [-0.1, -0.05) is 12.1 Å². The van der Waals surface area contributed by atoms with Gasteiger partial charge in [0.2, 0.25) is 0 Å². The summed E-state index contributed by atoms with van der Waals surface area (Å²) in [4.78, 5) is 37.3. The van der Waals surface area contributed by atoms with Crippen molar-refractivity contribution in [2.24, 2.45) is 0 Å². The van der Waals surface area contributed by atoms with Crippen LogP contribution in [0.15, 0.2) is 39.7 Å². The molecule has 134 valence electrons. The van der Waals surface area contributed by atoms with Crippen LogP contribution < -0.4 is 0 Å². The molecule has 1 aliphatic rings. The zero-order valence-corrected chi connectivity index (χ0v) is 15.4. The number of methoxy groups -OCH3 is 1. The number of esters is 1. The van der Waals surface area contributed by atoms with Gasteiger partial charge in [0, 0.05) is 18.2 Å². The highest BCUT2D eigenvalue weighted by molar-refractivity contribution is 8.18. The van der Waals surface area contributed by atoms with Gasteiger partial charge in [-0.2, -0.15) is 0 Å². The average Bonchev–Trinajstić information content (AvgIpc) is 3.19. The summed E-state index contributed by atoms with van der Waals surface area (Å²) in [5, 5.41) is -0.280. The summed E-state index contributed by atoms with van der Waals surface area (Å²) in [5.74, 6) is 0.299. The third-order valence-electron chi connectivity index (χ3n) is 4.09. The number of nitrogens with zero attached hydrogens (tertiary/aromatic N) is 1. The van der Waals surface area contributed by atoms with Gasteiger partial charge in [-0.05, 0) is 49.4 Å². The molecule has 1 aliphatic heterocycles. The van der Waals surface area contributed by atoms with Crippen molar-refractivity contribution in [3.05, 3.63) is 52.1 Å². The van der Waals surface area contributed by atoms with Crippen molar-refractivity contribution in [1.29, 1.82) is 0 Å². The molecule has 0 atom stereocenters. The van der Waals surface area contributed by atoms with E-state index < -0.39 is 5.97 Å². The standard InChI is InChI=1S/C19H17NO5S/c1-4-20-17(21)16(26-19(20)23)10-12-8-9-15(25-12)13-6-5-7-14(11(13)2)18(22)24-3/h5-10H,4H2,1-3H3/b16-10+. The van der Waals surface area contributed by atoms with Gasteiger partial charge in [0.05, 0.1) is 17.6 Å². The van der Waals surface area contributed by atoms with E-state index in [4.69, 9.17) is 9.15 Å². The summed E-state index contributed by atoms with van der Waals surface area (Å²) in [6.07, 6.45) is 1.56. The molecule has 2 amide bonds. The van der Waals surface area contributed by atoms with Crippen LogP contribution in [-0.2, 0) is 9.53 Å². The topological polar surface area (TPSA) is 76.8 Å². The minimum atomic E-state index is -0.413. The zero-order chi connectivity index (χ0) is 18.8. The molecule has 0 radical (unpaired) electrons. The molecule has 0 saturated carbocycles. The van der Waals surface area contributed by atoms with Crippen molar-refractivity contribution >= 4 is 35.0 Å². The number of furan rings is 1. The fraction of sp³-hybridized carbons (Fsp3) is 0.211. The summed E-state index contributed by atoms with van der Waals surface area (Å²) in [5.41, 5.74) is 1.97. The normalized spacial score (nSPS) is 15.8. The van der Waals surface area contributed by atoms with E-state index in [0.29, 0.717) is 28.5 Å². The summed E-state index contributed by atoms with van der Waals surface area (Å²) in [6.45, 7) is 3.91. The number of hydrogen-bond donors (Lipinski definition) is 0. The molecule has 26 heavy (non-hydrogen) atoms. The summed E-state index contributed by atoms with van der Waals surface area (Å²) in [7, 11) is 1.34. The lowest BCUT2D eigenvalue weighted by molar-refractivity contribution is -0.122. The van der Waals surface area contributed by atoms with E-state index in [1.54, 1.807) is 37.3 Å². The first-order chi connectivity index (χ1) is 12.5. The third-order valence-corrected chi connectivity index (χ3v) is 5.00. The minimum absolute atomic E-state index is 0.280. The number of benzene rings is 1. The number of carbonyl (C=O) groups excluding carboxylic acids is 3. The Morgan fingerprint density at radius 3 is 2.69 bits per heavy atom. The first-order valence-electron chi connectivity index (χ1n) is 7.99. The van der Waals surface area contributed by atoms with E-state index in [-0.39, 0.29) is 11.1 Å². The second-order valence-electron chi connectivity index (χ2n) is 5.60. The van der Waals surface area contributed by atoms with Crippen molar-refractivity contribution in [2.75, 3.05) is 13.7 Å². The number of thioether (sulfide) groups is 1. The maximum Gasteiger partial charge on any atom is 0.338 e. The average molecular weight is 371 g/mol. The lowest BCUT2D eigenvalue weighted by atomic mass is 10.0. The van der Waals surface area contributed by atoms with Crippen LogP contribution in [-0.4, -0.2) is 35.7 Å². The predicted molar refractivity (Wildman–Crippen MR) is 98.6 cm³/mol. The van der Waals surface area contributed by atoms with Gasteiger partial charge in [-0.3, -0.25) is 14.5 Å². The van der Waals surface area contributed by atoms with Crippen molar-refractivity contribution in [3.8, 4) is 11.3 Å². The Hall–Kier alpha value is -2.80. The quantitative estimate of drug-likeness (QED) is 0.595. The highest BCUT2D eigenvalue weighted by Crippen LogP contribution is 2.34. The molecule has 0 bridgehead atoms. The lowest BCUT2D eigenvalue weighted by Gasteiger charge is -2.08. The van der Waals surface area contributed by atoms with Crippen LogP contribution in [0.4, 0.5) is 4.79 Å². The summed E-state index contributed by atoms with van der Waals surface area (Å²) < 4.78 is 10.6. The van der Waals surface area contributed by atoms with E-state index in [1.165, 1.54) is 12.0 Å². The maximum atomic E-state index is 12.2. The number of amides is 2. The highest BCUT2D eigenvalue weighted by atomic mass is 32.2. The number of likely N-dealkylation sites (N-methyl/N-ethyl adjacent to an activating group) is 1. The molecular formula is C19H17NO5S. The zero-order valence-electron chi connectivity index (χ0n) is 14.6. The Morgan fingerprint density at radius 2 is 2.04 bits per heavy atom. The summed E-state index contributed by atoms with van der Waals surface area (Å²) in [6, 6.07) is 8.77. The molecule has 7 heteroatoms. The SMILES string of the molecule is CCN1C(=O)S/C(=C/c2ccc(-c3cccc(C(=O)OC)c3C)o2)C1=O. The van der Waals surface area contributed by atoms with Gasteiger partial charge < -0.3 is 9.15 Å². The molecule has 1 fully saturated rings. The molecule has 0 aliphatic carbocycles. The van der Waals surface area contributed by atoms with Gasteiger partial charge in [0.15, 0.2) is 0 Å². The van der Waals surface area contributed by atoms with Crippen LogP contribution in [0.25, 0.3) is 17.4 Å². The summed E-state index contributed by atoms with van der Waals surface area (Å²) >= 11 is 0.896. The second-order valence-corrected chi connectivity index (χ2v) is 6.59. The van der Waals surface area contributed by atoms with Crippen LogP contribution in [0.1, 0.15) is 28.6 Å². The fourth-order valence-corrected chi connectivity index (χ4v) is 3.59. The Balaban J connectivity index is 1.92. The van der Waals surface area contributed by atoms with Crippen molar-refractivity contribution < 1.29 is 23.5 Å². The molecule has 1 saturated heterocycles. The van der Waals surface area contributed by atoms with Gasteiger partial charge in [-0.15, -0.1) is 0 Å². The minimum Gasteiger partial charge on any atom is -0.465 e. The van der Waals surface area contributed by atoms with Crippen LogP contribution in [0.2, 0.25) is 0 Å². The van der Waals surface area contributed by atoms with Crippen molar-refractivity contribution in [2.45, 2.75) is 13.8 Å². The van der Waals surface area contributed by atoms with Crippen LogP contribution in [0.5, 0.6) is 0 Å². The largest absolute Gasteiger partial charge is 0.465 e. The molecule has 1 aromatic heterocycles. The first kappa shape index (κ1) is 18.0. The van der Waals surface area contributed by atoms with E-state index in [1.807, 2.05) is 13.0 Å². The second kappa shape index (κ2) is 7.21. The van der Waals surface area contributed by atoms with Gasteiger partial charge in [0.1, 0.15) is 11.5 Å². The molecule has 6 nitrogen and oxygen atoms in total. The Morgan fingerprint density at radius 1 is 1.27 bits per heavy atom. The Labute approximate surface area is 154 Å². The smallest absolute Gasteiger partial charge is 0.338 e. The molecule has 0 N–H and O–H groups in total. The van der Waals surface area contributed by atoms with Gasteiger partial charge in [-0.25, -0.2) is 4.79 Å². The Bertz CT molecular complexity index is 928. The van der Waals surface area contributed by atoms with Gasteiger partial charge in [0.25, 0.3) is 11.1 Å². The highest BCUT2D eigenvalue weighted by Gasteiger charge is 2.33. The number of ether oxygens (including phenoxy) is 1. The van der Waals surface area contributed by atoms with E-state index in [9.17, 15) is 14.4 Å². The van der Waals surface area contributed by atoms with E-state index in [2.05, 4.69) is 0 Å². The molecule has 3 rings (SSSR count). The van der Waals surface area contributed by atoms with Crippen LogP contribution in [0, 0.1) is 6.92 Å². The number of carbonyl (C=O) groups is 3. The molecule has 1 aromatic carbocycles. The number of rotatable bonds is 4. The van der Waals surface area contributed by atoms with Crippen molar-refractivity contribution in [3.63, 3.8) is 0 Å². The molecule has 0 spiro atoms. The predicted octanol–water partition coefficient (Wildman–Crippen LogP) is 4.10. The van der Waals surface area contributed by atoms with E-state index >= 15 is 0 Å². The monoisotopic (exact) mass is 371 g/mol. The maximum absolute atomic E-state index is 12.2. The van der Waals surface area contributed by atoms with E-state index in [0.717, 1.165) is 22.9 Å². The molecule has 0 unspecified atom stereocenters. The molecular weight excluding hydrogens is 354 g/mol. The molecule has 2 heterocycles. The number of hydrogen-bond acceptors (Lipinski definition) is 6. The van der Waals surface area contributed by atoms with Crippen LogP contribution in [0.3, 0.4) is 0 Å². The first-order valence-corrected chi connectivity index (χ1v) is 8.81. The Kier molecular flexibility index (Phi) is 4.99. The van der Waals surface area contributed by atoms with Crippen molar-refractivity contribution in [1.82, 2.24) is 4.90 Å². The third kappa shape index (κ3) is 3.17. The van der Waals surface area contributed by atoms with Crippen LogP contribution >= 0.6 is 11.8 Å².